The Labute approximate surface area is 182 Å². The van der Waals surface area contributed by atoms with Gasteiger partial charge in [-0.05, 0) is 31.2 Å². The van der Waals surface area contributed by atoms with Crippen molar-refractivity contribution in [1.82, 2.24) is 24.8 Å². The Morgan fingerprint density at radius 3 is 2.25 bits per heavy atom. The third kappa shape index (κ3) is 3.64. The molecule has 0 spiro atoms. The summed E-state index contributed by atoms with van der Waals surface area (Å²) in [7, 11) is 0. The number of amides is 3. The number of para-hydroxylation sites is 1. The minimum atomic E-state index is -0.858. The molecule has 10 heteroatoms. The lowest BCUT2D eigenvalue weighted by Gasteiger charge is -2.31. The van der Waals surface area contributed by atoms with Crippen LogP contribution in [0.5, 0.6) is 0 Å². The van der Waals surface area contributed by atoms with Gasteiger partial charge < -0.3 is 4.90 Å². The first-order valence-electron chi connectivity index (χ1n) is 9.91. The maximum Gasteiger partial charge on any atom is 0.261 e. The molecule has 2 heterocycles. The highest BCUT2D eigenvalue weighted by atomic mass is 19.1. The number of carbonyl (C=O) groups is 3. The van der Waals surface area contributed by atoms with E-state index in [0.717, 1.165) is 15.8 Å². The molecule has 0 aliphatic carbocycles. The van der Waals surface area contributed by atoms with Crippen molar-refractivity contribution < 1.29 is 23.2 Å². The van der Waals surface area contributed by atoms with Crippen molar-refractivity contribution in [3.63, 3.8) is 0 Å². The first-order chi connectivity index (χ1) is 15.4. The molecule has 32 heavy (non-hydrogen) atoms. The van der Waals surface area contributed by atoms with Gasteiger partial charge >= 0.3 is 0 Å². The van der Waals surface area contributed by atoms with E-state index in [1.54, 1.807) is 31.2 Å². The molecule has 1 aliphatic heterocycles. The minimum Gasteiger partial charge on any atom is -0.331 e. The van der Waals surface area contributed by atoms with Crippen molar-refractivity contribution in [2.45, 2.75) is 13.0 Å². The Morgan fingerprint density at radius 1 is 1.03 bits per heavy atom. The number of alkyl halides is 1. The van der Waals surface area contributed by atoms with Crippen LogP contribution in [0.3, 0.4) is 0 Å². The molecule has 0 N–H and O–H groups in total. The van der Waals surface area contributed by atoms with Crippen LogP contribution >= 0.6 is 0 Å². The molecule has 0 saturated heterocycles. The van der Waals surface area contributed by atoms with Crippen LogP contribution in [-0.2, 0) is 0 Å². The number of benzene rings is 2. The number of hydrogen-bond acceptors (Lipinski definition) is 5. The molecule has 2 aromatic carbocycles. The third-order valence-corrected chi connectivity index (χ3v) is 5.28. The highest BCUT2D eigenvalue weighted by Gasteiger charge is 2.37. The van der Waals surface area contributed by atoms with Crippen LogP contribution in [-0.4, -0.2) is 68.3 Å². The second kappa shape index (κ2) is 8.66. The molecule has 1 atom stereocenters. The summed E-state index contributed by atoms with van der Waals surface area (Å²) in [5.74, 6) is -2.34. The van der Waals surface area contributed by atoms with Crippen LogP contribution in [0, 0.1) is 5.82 Å². The summed E-state index contributed by atoms with van der Waals surface area (Å²) in [6, 6.07) is 9.61. The van der Waals surface area contributed by atoms with Gasteiger partial charge in [0.15, 0.2) is 5.82 Å². The Bertz CT molecular complexity index is 1150. The molecule has 1 aliphatic rings. The van der Waals surface area contributed by atoms with Crippen molar-refractivity contribution in [3.8, 4) is 5.69 Å². The molecule has 4 rings (SSSR count). The lowest BCUT2D eigenvalue weighted by molar-refractivity contribution is 0.0525. The molecule has 0 bridgehead atoms. The Balaban J connectivity index is 1.62. The number of fused-ring (bicyclic) bond motifs is 1. The number of halogens is 2. The second-order valence-corrected chi connectivity index (χ2v) is 7.26. The lowest BCUT2D eigenvalue weighted by Crippen LogP contribution is -2.48. The average molecular weight is 439 g/mol. The van der Waals surface area contributed by atoms with Gasteiger partial charge in [-0.15, -0.1) is 4.80 Å². The quantitative estimate of drug-likeness (QED) is 0.528. The number of hydrogen-bond donors (Lipinski definition) is 0. The summed E-state index contributed by atoms with van der Waals surface area (Å²) in [6.07, 6.45) is 2.68. The summed E-state index contributed by atoms with van der Waals surface area (Å²) in [5, 5.41) is 7.78. The predicted molar refractivity (Wildman–Crippen MR) is 110 cm³/mol. The van der Waals surface area contributed by atoms with Crippen LogP contribution in [0.15, 0.2) is 54.9 Å². The molecule has 1 unspecified atom stereocenters. The zero-order valence-corrected chi connectivity index (χ0v) is 17.1. The number of imide groups is 1. The lowest BCUT2D eigenvalue weighted by atomic mass is 10.1. The first kappa shape index (κ1) is 21.3. The fourth-order valence-corrected chi connectivity index (χ4v) is 3.76. The summed E-state index contributed by atoms with van der Waals surface area (Å²) < 4.78 is 27.9. The second-order valence-electron chi connectivity index (χ2n) is 7.26. The van der Waals surface area contributed by atoms with Crippen molar-refractivity contribution in [1.29, 1.82) is 0 Å². The average Bonchev–Trinajstić information content (AvgIpc) is 3.40. The molecule has 1 aromatic heterocycles. The molecule has 0 saturated carbocycles. The highest BCUT2D eigenvalue weighted by molar-refractivity contribution is 6.21. The summed E-state index contributed by atoms with van der Waals surface area (Å²) in [5.41, 5.74) is 0.332. The molecule has 3 aromatic rings. The van der Waals surface area contributed by atoms with E-state index in [1.165, 1.54) is 29.4 Å². The van der Waals surface area contributed by atoms with Gasteiger partial charge in [0.1, 0.15) is 12.4 Å². The number of carbonyl (C=O) groups excluding carboxylic acids is 3. The van der Waals surface area contributed by atoms with Gasteiger partial charge in [0.05, 0.1) is 29.1 Å². The Morgan fingerprint density at radius 2 is 1.66 bits per heavy atom. The predicted octanol–water partition coefficient (Wildman–Crippen LogP) is 2.50. The van der Waals surface area contributed by atoms with Crippen LogP contribution in [0.4, 0.5) is 8.78 Å². The van der Waals surface area contributed by atoms with Gasteiger partial charge in [-0.2, -0.15) is 10.2 Å². The van der Waals surface area contributed by atoms with Gasteiger partial charge in [0.2, 0.25) is 0 Å². The number of aromatic nitrogens is 3. The van der Waals surface area contributed by atoms with Crippen molar-refractivity contribution in [2.24, 2.45) is 0 Å². The normalized spacial score (nSPS) is 13.9. The third-order valence-electron chi connectivity index (χ3n) is 5.28. The molecule has 164 valence electrons. The largest absolute Gasteiger partial charge is 0.331 e. The standard InChI is InChI=1S/C22H19F2N5O3/c1-14(13-28-20(30)15-5-2-3-6-16(15)21(28)31)27(12-9-23)22(32)17-7-4-8-18(24)19(17)29-25-10-11-26-29/h2-8,10-11,14H,9,12-13H2,1H3. The molecule has 8 nitrogen and oxygen atoms in total. The van der Waals surface area contributed by atoms with E-state index in [4.69, 9.17) is 0 Å². The monoisotopic (exact) mass is 439 g/mol. The fraction of sp³-hybridized carbons (Fsp3) is 0.227. The smallest absolute Gasteiger partial charge is 0.261 e. The van der Waals surface area contributed by atoms with Crippen molar-refractivity contribution in [3.05, 3.63) is 77.4 Å². The van der Waals surface area contributed by atoms with E-state index in [2.05, 4.69) is 10.2 Å². The summed E-state index contributed by atoms with van der Waals surface area (Å²) in [4.78, 5) is 41.9. The van der Waals surface area contributed by atoms with Crippen molar-refractivity contribution >= 4 is 17.7 Å². The zero-order valence-electron chi connectivity index (χ0n) is 17.1. The summed E-state index contributed by atoms with van der Waals surface area (Å²) >= 11 is 0. The van der Waals surface area contributed by atoms with Crippen LogP contribution in [0.1, 0.15) is 38.0 Å². The Hall–Kier alpha value is -3.95. The number of rotatable bonds is 7. The molecule has 0 fully saturated rings. The maximum absolute atomic E-state index is 14.6. The molecular formula is C22H19F2N5O3. The first-order valence-corrected chi connectivity index (χ1v) is 9.91. The minimum absolute atomic E-state index is 0.0659. The van der Waals surface area contributed by atoms with Gasteiger partial charge in [0.25, 0.3) is 17.7 Å². The van der Waals surface area contributed by atoms with E-state index in [0.29, 0.717) is 0 Å². The highest BCUT2D eigenvalue weighted by Crippen LogP contribution is 2.24. The van der Waals surface area contributed by atoms with Gasteiger partial charge in [-0.1, -0.05) is 18.2 Å². The van der Waals surface area contributed by atoms with E-state index in [9.17, 15) is 23.2 Å². The van der Waals surface area contributed by atoms with Gasteiger partial charge in [-0.25, -0.2) is 8.78 Å². The molecular weight excluding hydrogens is 420 g/mol. The van der Waals surface area contributed by atoms with Crippen molar-refractivity contribution in [2.75, 3.05) is 19.8 Å². The topological polar surface area (TPSA) is 88.4 Å². The van der Waals surface area contributed by atoms with E-state index >= 15 is 0 Å². The van der Waals surface area contributed by atoms with Crippen LogP contribution in [0.25, 0.3) is 5.69 Å². The zero-order chi connectivity index (χ0) is 22.8. The van der Waals surface area contributed by atoms with Crippen LogP contribution < -0.4 is 0 Å². The fourth-order valence-electron chi connectivity index (χ4n) is 3.76. The molecule has 3 amide bonds. The number of nitrogens with zero attached hydrogens (tertiary/aromatic N) is 5. The van der Waals surface area contributed by atoms with E-state index in [-0.39, 0.29) is 35.5 Å². The summed E-state index contributed by atoms with van der Waals surface area (Å²) in [6.45, 7) is 0.305. The van der Waals surface area contributed by atoms with Crippen LogP contribution in [0.2, 0.25) is 0 Å². The van der Waals surface area contributed by atoms with Gasteiger partial charge in [0, 0.05) is 19.1 Å². The van der Waals surface area contributed by atoms with Gasteiger partial charge in [-0.3, -0.25) is 19.3 Å². The van der Waals surface area contributed by atoms with E-state index in [1.807, 2.05) is 0 Å². The molecule has 0 radical (unpaired) electrons. The maximum atomic E-state index is 14.6. The Kier molecular flexibility index (Phi) is 5.76. The SMILES string of the molecule is CC(CN1C(=O)c2ccccc2C1=O)N(CCF)C(=O)c1cccc(F)c1-n1nccn1. The van der Waals surface area contributed by atoms with E-state index < -0.39 is 36.3 Å².